The lowest BCUT2D eigenvalue weighted by molar-refractivity contribution is -0.139. The number of carbonyl (C=O) groups excluding carboxylic acids is 2. The van der Waals surface area contributed by atoms with Crippen molar-refractivity contribution in [2.75, 3.05) is 25.0 Å². The summed E-state index contributed by atoms with van der Waals surface area (Å²) >= 11 is 0. The Bertz CT molecular complexity index is 1670. The number of amides is 2. The van der Waals surface area contributed by atoms with Gasteiger partial charge in [-0.2, -0.15) is 0 Å². The third-order valence-electron chi connectivity index (χ3n) is 7.03. The second-order valence-corrected chi connectivity index (χ2v) is 11.8. The molecule has 0 bridgehead atoms. The molecule has 0 aromatic heterocycles. The van der Waals surface area contributed by atoms with Crippen molar-refractivity contribution in [1.29, 1.82) is 0 Å². The summed E-state index contributed by atoms with van der Waals surface area (Å²) in [5.74, 6) is -1.48. The highest BCUT2D eigenvalue weighted by Crippen LogP contribution is 2.34. The molecule has 0 spiro atoms. The maximum atomic E-state index is 14.9. The summed E-state index contributed by atoms with van der Waals surface area (Å²) in [5, 5.41) is 2.61. The van der Waals surface area contributed by atoms with Crippen molar-refractivity contribution in [3.8, 4) is 5.75 Å². The standard InChI is InChI=1S/C33H34FN3O5S/c1-24-18-19-31(42-3)29(20-24)37(43(40,41)27-15-8-5-9-16-27)23-32(38)36(22-26-14-10-11-17-28(26)34)30(33(39)35-2)21-25-12-6-4-7-13-25/h4-20,30H,21-23H2,1-3H3,(H,35,39). The molecular formula is C33H34FN3O5S. The summed E-state index contributed by atoms with van der Waals surface area (Å²) in [6.45, 7) is 0.860. The zero-order valence-corrected chi connectivity index (χ0v) is 25.1. The summed E-state index contributed by atoms with van der Waals surface area (Å²) in [6, 6.07) is 26.8. The fourth-order valence-corrected chi connectivity index (χ4v) is 6.20. The van der Waals surface area contributed by atoms with Gasteiger partial charge in [0.15, 0.2) is 0 Å². The van der Waals surface area contributed by atoms with E-state index in [0.717, 1.165) is 15.4 Å². The maximum absolute atomic E-state index is 14.9. The van der Waals surface area contributed by atoms with E-state index in [4.69, 9.17) is 4.74 Å². The summed E-state index contributed by atoms with van der Waals surface area (Å²) in [6.07, 6.45) is 0.125. The molecule has 8 nitrogen and oxygen atoms in total. The summed E-state index contributed by atoms with van der Waals surface area (Å²) in [5.41, 5.74) is 1.86. The van der Waals surface area contributed by atoms with E-state index in [1.54, 1.807) is 49.4 Å². The van der Waals surface area contributed by atoms with Gasteiger partial charge in [-0.25, -0.2) is 12.8 Å². The molecule has 224 valence electrons. The van der Waals surface area contributed by atoms with E-state index in [1.807, 2.05) is 30.3 Å². The van der Waals surface area contributed by atoms with Crippen LogP contribution in [0.4, 0.5) is 10.1 Å². The highest BCUT2D eigenvalue weighted by atomic mass is 32.2. The fourth-order valence-electron chi connectivity index (χ4n) is 4.76. The molecule has 4 rings (SSSR count). The Hall–Kier alpha value is -4.70. The smallest absolute Gasteiger partial charge is 0.264 e. The third kappa shape index (κ3) is 7.39. The zero-order valence-electron chi connectivity index (χ0n) is 24.2. The van der Waals surface area contributed by atoms with Gasteiger partial charge in [0.05, 0.1) is 17.7 Å². The number of carbonyl (C=O) groups is 2. The largest absolute Gasteiger partial charge is 0.495 e. The molecule has 10 heteroatoms. The molecule has 2 amide bonds. The SMILES string of the molecule is CNC(=O)C(Cc1ccccc1)N(Cc1ccccc1F)C(=O)CN(c1cc(C)ccc1OC)S(=O)(=O)c1ccccc1. The van der Waals surface area contributed by atoms with E-state index >= 15 is 0 Å². The van der Waals surface area contributed by atoms with Crippen molar-refractivity contribution >= 4 is 27.5 Å². The van der Waals surface area contributed by atoms with Gasteiger partial charge in [0, 0.05) is 25.6 Å². The van der Waals surface area contributed by atoms with Crippen LogP contribution in [-0.2, 0) is 32.6 Å². The first-order chi connectivity index (χ1) is 20.6. The summed E-state index contributed by atoms with van der Waals surface area (Å²) in [7, 11) is -1.43. The number of methoxy groups -OCH3 is 1. The number of rotatable bonds is 12. The van der Waals surface area contributed by atoms with Gasteiger partial charge >= 0.3 is 0 Å². The van der Waals surface area contributed by atoms with Crippen molar-refractivity contribution in [1.82, 2.24) is 10.2 Å². The van der Waals surface area contributed by atoms with E-state index in [9.17, 15) is 22.4 Å². The van der Waals surface area contributed by atoms with Crippen LogP contribution in [0.3, 0.4) is 0 Å². The average Bonchev–Trinajstić information content (AvgIpc) is 3.02. The van der Waals surface area contributed by atoms with Crippen LogP contribution < -0.4 is 14.4 Å². The Balaban J connectivity index is 1.84. The fraction of sp³-hybridized carbons (Fsp3) is 0.212. The van der Waals surface area contributed by atoms with Gasteiger partial charge in [0.1, 0.15) is 24.2 Å². The Morgan fingerprint density at radius 1 is 0.907 bits per heavy atom. The molecule has 43 heavy (non-hydrogen) atoms. The van der Waals surface area contributed by atoms with Crippen LogP contribution >= 0.6 is 0 Å². The van der Waals surface area contributed by atoms with Crippen molar-refractivity contribution in [3.05, 3.63) is 126 Å². The molecule has 1 atom stereocenters. The van der Waals surface area contributed by atoms with Crippen molar-refractivity contribution in [3.63, 3.8) is 0 Å². The molecule has 0 saturated carbocycles. The molecular weight excluding hydrogens is 569 g/mol. The number of nitrogens with one attached hydrogen (secondary N) is 1. The average molecular weight is 604 g/mol. The predicted octanol–water partition coefficient (Wildman–Crippen LogP) is 4.72. The topological polar surface area (TPSA) is 96.0 Å². The van der Waals surface area contributed by atoms with E-state index in [2.05, 4.69) is 5.32 Å². The van der Waals surface area contributed by atoms with E-state index in [1.165, 1.54) is 49.4 Å². The highest BCUT2D eigenvalue weighted by Gasteiger charge is 2.35. The van der Waals surface area contributed by atoms with Gasteiger partial charge in [-0.3, -0.25) is 13.9 Å². The number of anilines is 1. The van der Waals surface area contributed by atoms with Crippen molar-refractivity contribution in [2.45, 2.75) is 30.8 Å². The van der Waals surface area contributed by atoms with E-state index in [-0.39, 0.29) is 34.9 Å². The second-order valence-electron chi connectivity index (χ2n) is 9.93. The minimum absolute atomic E-state index is 0.0286. The maximum Gasteiger partial charge on any atom is 0.264 e. The molecule has 0 aliphatic heterocycles. The first-order valence-electron chi connectivity index (χ1n) is 13.7. The van der Waals surface area contributed by atoms with Crippen molar-refractivity contribution in [2.24, 2.45) is 0 Å². The Morgan fingerprint density at radius 3 is 2.16 bits per heavy atom. The number of hydrogen-bond acceptors (Lipinski definition) is 5. The van der Waals surface area contributed by atoms with Crippen molar-refractivity contribution < 1.29 is 27.1 Å². The summed E-state index contributed by atoms with van der Waals surface area (Å²) < 4.78 is 49.6. The van der Waals surface area contributed by atoms with Gasteiger partial charge in [0.2, 0.25) is 11.8 Å². The van der Waals surface area contributed by atoms with E-state index < -0.39 is 40.2 Å². The molecule has 4 aromatic carbocycles. The van der Waals surface area contributed by atoms with Gasteiger partial charge in [0.25, 0.3) is 10.0 Å². The molecule has 0 saturated heterocycles. The number of ether oxygens (including phenoxy) is 1. The van der Waals surface area contributed by atoms with Gasteiger partial charge < -0.3 is 15.0 Å². The molecule has 0 aliphatic carbocycles. The number of likely N-dealkylation sites (N-methyl/N-ethyl adjacent to an activating group) is 1. The molecule has 0 radical (unpaired) electrons. The quantitative estimate of drug-likeness (QED) is 0.253. The van der Waals surface area contributed by atoms with Crippen LogP contribution in [0.1, 0.15) is 16.7 Å². The second kappa shape index (κ2) is 14.0. The Labute approximate surface area is 251 Å². The highest BCUT2D eigenvalue weighted by molar-refractivity contribution is 7.92. The number of halogens is 1. The Kier molecular flexibility index (Phi) is 10.2. The van der Waals surface area contributed by atoms with Crippen LogP contribution in [0, 0.1) is 12.7 Å². The first-order valence-corrected chi connectivity index (χ1v) is 15.1. The van der Waals surface area contributed by atoms with Gasteiger partial charge in [-0.05, 0) is 48.4 Å². The molecule has 1 unspecified atom stereocenters. The van der Waals surface area contributed by atoms with Crippen LogP contribution in [0.15, 0.2) is 108 Å². The normalized spacial score (nSPS) is 11.8. The van der Waals surface area contributed by atoms with Crippen LogP contribution in [0.25, 0.3) is 0 Å². The molecule has 0 heterocycles. The van der Waals surface area contributed by atoms with E-state index in [0.29, 0.717) is 0 Å². The van der Waals surface area contributed by atoms with Gasteiger partial charge in [-0.1, -0.05) is 72.8 Å². The predicted molar refractivity (Wildman–Crippen MR) is 164 cm³/mol. The first kappa shape index (κ1) is 31.2. The monoisotopic (exact) mass is 603 g/mol. The van der Waals surface area contributed by atoms with Gasteiger partial charge in [-0.15, -0.1) is 0 Å². The molecule has 0 fully saturated rings. The number of aryl methyl sites for hydroxylation is 1. The molecule has 0 aliphatic rings. The van der Waals surface area contributed by atoms with Crippen LogP contribution in [0.5, 0.6) is 5.75 Å². The minimum Gasteiger partial charge on any atom is -0.495 e. The number of hydrogen-bond donors (Lipinski definition) is 1. The number of nitrogens with zero attached hydrogens (tertiary/aromatic N) is 2. The lowest BCUT2D eigenvalue weighted by atomic mass is 10.0. The molecule has 1 N–H and O–H groups in total. The number of sulfonamides is 1. The molecule has 4 aromatic rings. The lowest BCUT2D eigenvalue weighted by Gasteiger charge is -2.34. The minimum atomic E-state index is -4.29. The summed E-state index contributed by atoms with van der Waals surface area (Å²) in [4.78, 5) is 28.8. The van der Waals surface area contributed by atoms with Crippen LogP contribution in [0.2, 0.25) is 0 Å². The van der Waals surface area contributed by atoms with Crippen LogP contribution in [-0.4, -0.2) is 51.9 Å². The lowest BCUT2D eigenvalue weighted by Crippen LogP contribution is -2.53. The Morgan fingerprint density at radius 2 is 1.53 bits per heavy atom. The number of benzene rings is 4. The third-order valence-corrected chi connectivity index (χ3v) is 8.80. The zero-order chi connectivity index (χ0) is 31.0.